The van der Waals surface area contributed by atoms with Gasteiger partial charge in [0, 0.05) is 16.8 Å². The molecule has 1 aromatic heterocycles. The molecule has 2 amide bonds. The van der Waals surface area contributed by atoms with E-state index in [2.05, 4.69) is 15.6 Å². The van der Waals surface area contributed by atoms with Gasteiger partial charge in [-0.05, 0) is 31.5 Å². The predicted molar refractivity (Wildman–Crippen MR) is 92.6 cm³/mol. The van der Waals surface area contributed by atoms with Crippen LogP contribution >= 0.6 is 23.1 Å². The maximum absolute atomic E-state index is 11.8. The minimum atomic E-state index is -0.150. The van der Waals surface area contributed by atoms with E-state index in [4.69, 9.17) is 0 Å². The van der Waals surface area contributed by atoms with Gasteiger partial charge in [0.15, 0.2) is 5.13 Å². The highest BCUT2D eigenvalue weighted by molar-refractivity contribution is 8.00. The Kier molecular flexibility index (Phi) is 5.97. The summed E-state index contributed by atoms with van der Waals surface area (Å²) in [6, 6.07) is 7.60. The van der Waals surface area contributed by atoms with E-state index in [0.29, 0.717) is 5.13 Å². The third kappa shape index (κ3) is 5.50. The fraction of sp³-hybridized carbons (Fsp3) is 0.267. The van der Waals surface area contributed by atoms with Gasteiger partial charge < -0.3 is 10.6 Å². The van der Waals surface area contributed by atoms with E-state index in [1.165, 1.54) is 23.1 Å². The molecule has 2 rings (SSSR count). The molecular formula is C15H17N3O2S2. The summed E-state index contributed by atoms with van der Waals surface area (Å²) >= 11 is 2.70. The molecule has 0 bridgehead atoms. The summed E-state index contributed by atoms with van der Waals surface area (Å²) < 4.78 is 0. The maximum Gasteiger partial charge on any atom is 0.236 e. The quantitative estimate of drug-likeness (QED) is 0.851. The first kappa shape index (κ1) is 16.5. The standard InChI is InChI=1S/C15H17N3O2S2/c1-10-4-3-5-12(6-10)17-13(19)8-21-9-14(20)18-15-16-7-11(2)22-15/h3-7H,8-9H2,1-2H3,(H,17,19)(H,16,18,20). The van der Waals surface area contributed by atoms with Crippen LogP contribution in [0.25, 0.3) is 0 Å². The van der Waals surface area contributed by atoms with E-state index in [9.17, 15) is 9.59 Å². The number of hydrogen-bond donors (Lipinski definition) is 2. The molecule has 1 aromatic carbocycles. The zero-order valence-electron chi connectivity index (χ0n) is 12.4. The average Bonchev–Trinajstić information content (AvgIpc) is 2.84. The molecule has 0 atom stereocenters. The van der Waals surface area contributed by atoms with Crippen LogP contribution in [0.4, 0.5) is 10.8 Å². The topological polar surface area (TPSA) is 71.1 Å². The fourth-order valence-electron chi connectivity index (χ4n) is 1.72. The van der Waals surface area contributed by atoms with Crippen LogP contribution in [-0.2, 0) is 9.59 Å². The van der Waals surface area contributed by atoms with E-state index in [-0.39, 0.29) is 23.3 Å². The van der Waals surface area contributed by atoms with Crippen molar-refractivity contribution in [2.75, 3.05) is 22.1 Å². The number of thiazole rings is 1. The van der Waals surface area contributed by atoms with Gasteiger partial charge in [-0.15, -0.1) is 23.1 Å². The first-order valence-electron chi connectivity index (χ1n) is 6.69. The van der Waals surface area contributed by atoms with E-state index in [1.807, 2.05) is 38.1 Å². The van der Waals surface area contributed by atoms with Crippen LogP contribution < -0.4 is 10.6 Å². The second-order valence-corrected chi connectivity index (χ2v) is 6.96. The van der Waals surface area contributed by atoms with Crippen LogP contribution in [0.1, 0.15) is 10.4 Å². The Labute approximate surface area is 137 Å². The second-order valence-electron chi connectivity index (χ2n) is 4.73. The molecule has 0 saturated carbocycles. The molecule has 116 valence electrons. The molecular weight excluding hydrogens is 318 g/mol. The van der Waals surface area contributed by atoms with Gasteiger partial charge in [0.25, 0.3) is 0 Å². The summed E-state index contributed by atoms with van der Waals surface area (Å²) in [5, 5.41) is 6.11. The molecule has 1 heterocycles. The molecule has 0 aliphatic carbocycles. The normalized spacial score (nSPS) is 10.3. The van der Waals surface area contributed by atoms with Crippen LogP contribution in [-0.4, -0.2) is 28.3 Å². The van der Waals surface area contributed by atoms with Crippen molar-refractivity contribution >= 4 is 45.7 Å². The largest absolute Gasteiger partial charge is 0.325 e. The summed E-state index contributed by atoms with van der Waals surface area (Å²) in [5.74, 6) is 0.189. The van der Waals surface area contributed by atoms with Crippen molar-refractivity contribution in [1.82, 2.24) is 4.98 Å². The Bertz CT molecular complexity index is 670. The van der Waals surface area contributed by atoms with Gasteiger partial charge in [-0.25, -0.2) is 4.98 Å². The lowest BCUT2D eigenvalue weighted by Gasteiger charge is -2.06. The molecule has 0 aliphatic heterocycles. The lowest BCUT2D eigenvalue weighted by molar-refractivity contribution is -0.114. The maximum atomic E-state index is 11.8. The molecule has 5 nitrogen and oxygen atoms in total. The molecule has 2 N–H and O–H groups in total. The van der Waals surface area contributed by atoms with E-state index >= 15 is 0 Å². The molecule has 0 radical (unpaired) electrons. The molecule has 0 unspecified atom stereocenters. The SMILES string of the molecule is Cc1cccc(NC(=O)CSCC(=O)Nc2ncc(C)s2)c1. The van der Waals surface area contributed by atoms with Crippen molar-refractivity contribution < 1.29 is 9.59 Å². The number of nitrogens with one attached hydrogen (secondary N) is 2. The summed E-state index contributed by atoms with van der Waals surface area (Å²) in [6.07, 6.45) is 1.71. The van der Waals surface area contributed by atoms with Crippen LogP contribution in [0.5, 0.6) is 0 Å². The Morgan fingerprint density at radius 1 is 1.18 bits per heavy atom. The van der Waals surface area contributed by atoms with Crippen LogP contribution in [0.3, 0.4) is 0 Å². The first-order chi connectivity index (χ1) is 10.5. The van der Waals surface area contributed by atoms with Crippen molar-refractivity contribution in [2.45, 2.75) is 13.8 Å². The minimum Gasteiger partial charge on any atom is -0.325 e. The predicted octanol–water partition coefficient (Wildman–Crippen LogP) is 3.07. The molecule has 0 spiro atoms. The van der Waals surface area contributed by atoms with Gasteiger partial charge in [-0.3, -0.25) is 9.59 Å². The number of amides is 2. The highest BCUT2D eigenvalue weighted by Gasteiger charge is 2.08. The van der Waals surface area contributed by atoms with E-state index in [1.54, 1.807) is 6.20 Å². The van der Waals surface area contributed by atoms with Crippen molar-refractivity contribution in [1.29, 1.82) is 0 Å². The van der Waals surface area contributed by atoms with E-state index < -0.39 is 0 Å². The smallest absolute Gasteiger partial charge is 0.236 e. The monoisotopic (exact) mass is 335 g/mol. The van der Waals surface area contributed by atoms with Gasteiger partial charge in [-0.2, -0.15) is 0 Å². The Morgan fingerprint density at radius 3 is 2.55 bits per heavy atom. The van der Waals surface area contributed by atoms with Crippen molar-refractivity contribution in [3.8, 4) is 0 Å². The Morgan fingerprint density at radius 2 is 1.91 bits per heavy atom. The third-order valence-corrected chi connectivity index (χ3v) is 4.40. The van der Waals surface area contributed by atoms with Gasteiger partial charge in [0.1, 0.15) is 0 Å². The van der Waals surface area contributed by atoms with Gasteiger partial charge in [0.05, 0.1) is 11.5 Å². The number of nitrogens with zero attached hydrogens (tertiary/aromatic N) is 1. The number of thioether (sulfide) groups is 1. The Balaban J connectivity index is 1.69. The summed E-state index contributed by atoms with van der Waals surface area (Å²) in [6.45, 7) is 3.90. The number of anilines is 2. The molecule has 2 aromatic rings. The number of hydrogen-bond acceptors (Lipinski definition) is 5. The summed E-state index contributed by atoms with van der Waals surface area (Å²) in [5.41, 5.74) is 1.86. The molecule has 0 saturated heterocycles. The zero-order valence-corrected chi connectivity index (χ0v) is 14.0. The number of aromatic nitrogens is 1. The molecule has 22 heavy (non-hydrogen) atoms. The fourth-order valence-corrected chi connectivity index (χ4v) is 3.02. The Hall–Kier alpha value is -1.86. The molecule has 0 fully saturated rings. The summed E-state index contributed by atoms with van der Waals surface area (Å²) in [7, 11) is 0. The number of carbonyl (C=O) groups is 2. The number of benzene rings is 1. The van der Waals surface area contributed by atoms with Crippen LogP contribution in [0.15, 0.2) is 30.5 Å². The van der Waals surface area contributed by atoms with Crippen molar-refractivity contribution in [3.63, 3.8) is 0 Å². The van der Waals surface area contributed by atoms with Crippen molar-refractivity contribution in [3.05, 3.63) is 40.9 Å². The first-order valence-corrected chi connectivity index (χ1v) is 8.66. The molecule has 0 aliphatic rings. The highest BCUT2D eigenvalue weighted by atomic mass is 32.2. The lowest BCUT2D eigenvalue weighted by Crippen LogP contribution is -2.18. The highest BCUT2D eigenvalue weighted by Crippen LogP contribution is 2.17. The van der Waals surface area contributed by atoms with Crippen molar-refractivity contribution in [2.24, 2.45) is 0 Å². The van der Waals surface area contributed by atoms with E-state index in [0.717, 1.165) is 16.1 Å². The second kappa shape index (κ2) is 7.95. The third-order valence-electron chi connectivity index (χ3n) is 2.64. The number of rotatable bonds is 6. The van der Waals surface area contributed by atoms with Crippen LogP contribution in [0.2, 0.25) is 0 Å². The van der Waals surface area contributed by atoms with Gasteiger partial charge >= 0.3 is 0 Å². The molecule has 7 heteroatoms. The van der Waals surface area contributed by atoms with Gasteiger partial charge in [0.2, 0.25) is 11.8 Å². The number of aryl methyl sites for hydroxylation is 2. The lowest BCUT2D eigenvalue weighted by atomic mass is 10.2. The summed E-state index contributed by atoms with van der Waals surface area (Å²) in [4.78, 5) is 28.6. The average molecular weight is 335 g/mol. The number of carbonyl (C=O) groups excluding carboxylic acids is 2. The van der Waals surface area contributed by atoms with Crippen LogP contribution in [0, 0.1) is 13.8 Å². The zero-order chi connectivity index (χ0) is 15.9. The minimum absolute atomic E-state index is 0.117. The van der Waals surface area contributed by atoms with Gasteiger partial charge in [-0.1, -0.05) is 12.1 Å².